The van der Waals surface area contributed by atoms with E-state index in [1.165, 1.54) is 4.68 Å². The van der Waals surface area contributed by atoms with Crippen LogP contribution in [0.3, 0.4) is 0 Å². The van der Waals surface area contributed by atoms with E-state index < -0.39 is 6.10 Å². The highest BCUT2D eigenvalue weighted by Crippen LogP contribution is 2.30. The van der Waals surface area contributed by atoms with Gasteiger partial charge in [0.25, 0.3) is 5.56 Å². The van der Waals surface area contributed by atoms with Gasteiger partial charge in [0.1, 0.15) is 5.69 Å². The second kappa shape index (κ2) is 7.99. The molecule has 3 aromatic carbocycles. The summed E-state index contributed by atoms with van der Waals surface area (Å²) in [5.41, 5.74) is 2.71. The number of para-hydroxylation sites is 2. The second-order valence-electron chi connectivity index (χ2n) is 8.16. The van der Waals surface area contributed by atoms with Crippen LogP contribution in [0.1, 0.15) is 0 Å². The average Bonchev–Trinajstić information content (AvgIpc) is 3.49. The fourth-order valence-corrected chi connectivity index (χ4v) is 5.35. The van der Waals surface area contributed by atoms with Gasteiger partial charge in [0.2, 0.25) is 0 Å². The zero-order chi connectivity index (χ0) is 22.4. The summed E-state index contributed by atoms with van der Waals surface area (Å²) in [6, 6.07) is 27.9. The first-order valence-corrected chi connectivity index (χ1v) is 11.8. The van der Waals surface area contributed by atoms with Gasteiger partial charge < -0.3 is 9.67 Å². The van der Waals surface area contributed by atoms with Crippen molar-refractivity contribution in [1.82, 2.24) is 14.3 Å². The monoisotopic (exact) mass is 451 g/mol. The lowest BCUT2D eigenvalue weighted by molar-refractivity contribution is 0.131. The van der Waals surface area contributed by atoms with Gasteiger partial charge in [0.15, 0.2) is 0 Å². The number of fused-ring (bicyclic) bond motifs is 4. The number of hydrogen-bond acceptors (Lipinski definition) is 4. The minimum Gasteiger partial charge on any atom is -0.389 e. The summed E-state index contributed by atoms with van der Waals surface area (Å²) in [6.07, 6.45) is -0.785. The summed E-state index contributed by atoms with van der Waals surface area (Å²) in [6.45, 7) is 0.478. The molecule has 0 aliphatic heterocycles. The average molecular weight is 452 g/mol. The molecule has 0 aliphatic carbocycles. The van der Waals surface area contributed by atoms with Gasteiger partial charge in [-0.1, -0.05) is 60.7 Å². The minimum atomic E-state index is -0.785. The van der Waals surface area contributed by atoms with Crippen LogP contribution < -0.4 is 5.56 Å². The molecule has 0 fully saturated rings. The number of aliphatic hydroxyl groups excluding tert-OH is 1. The van der Waals surface area contributed by atoms with E-state index in [1.54, 1.807) is 11.3 Å². The highest BCUT2D eigenvalue weighted by molar-refractivity contribution is 7.13. The van der Waals surface area contributed by atoms with Crippen molar-refractivity contribution in [3.8, 4) is 10.6 Å². The van der Waals surface area contributed by atoms with Crippen LogP contribution in [0.4, 0.5) is 0 Å². The van der Waals surface area contributed by atoms with Gasteiger partial charge in [0, 0.05) is 27.2 Å². The number of thiophene rings is 1. The van der Waals surface area contributed by atoms with Gasteiger partial charge in [-0.15, -0.1) is 11.3 Å². The van der Waals surface area contributed by atoms with Crippen LogP contribution in [-0.2, 0) is 13.1 Å². The lowest BCUT2D eigenvalue weighted by atomic mass is 10.1. The number of hydrogen-bond donors (Lipinski definition) is 1. The van der Waals surface area contributed by atoms with E-state index in [0.717, 1.165) is 37.8 Å². The molecule has 0 radical (unpaired) electrons. The van der Waals surface area contributed by atoms with Crippen molar-refractivity contribution >= 4 is 43.9 Å². The van der Waals surface area contributed by atoms with E-state index in [9.17, 15) is 9.90 Å². The Morgan fingerprint density at radius 2 is 1.36 bits per heavy atom. The maximum Gasteiger partial charge on any atom is 0.274 e. The summed E-state index contributed by atoms with van der Waals surface area (Å²) >= 11 is 1.59. The molecule has 0 saturated carbocycles. The van der Waals surface area contributed by atoms with Crippen LogP contribution in [0.2, 0.25) is 0 Å². The first kappa shape index (κ1) is 19.9. The van der Waals surface area contributed by atoms with Crippen LogP contribution in [0, 0.1) is 0 Å². The summed E-state index contributed by atoms with van der Waals surface area (Å²) < 4.78 is 3.54. The SMILES string of the molecule is O=c1c2ccccc2c(-c2cccs2)nn1CC(O)Cn1c2ccccc2c2ccccc21. The van der Waals surface area contributed by atoms with Crippen molar-refractivity contribution in [3.05, 3.63) is 101 Å². The van der Waals surface area contributed by atoms with Crippen LogP contribution in [0.5, 0.6) is 0 Å². The third kappa shape index (κ3) is 3.35. The number of aliphatic hydroxyl groups is 1. The molecule has 0 saturated heterocycles. The molecule has 5 nitrogen and oxygen atoms in total. The quantitative estimate of drug-likeness (QED) is 0.387. The van der Waals surface area contributed by atoms with E-state index in [2.05, 4.69) is 33.9 Å². The predicted octanol–water partition coefficient (Wildman–Crippen LogP) is 5.29. The molecule has 3 aromatic heterocycles. The molecule has 0 spiro atoms. The molecule has 0 amide bonds. The van der Waals surface area contributed by atoms with E-state index in [1.807, 2.05) is 66.0 Å². The highest BCUT2D eigenvalue weighted by atomic mass is 32.1. The third-order valence-electron chi connectivity index (χ3n) is 6.08. The molecule has 1 unspecified atom stereocenters. The topological polar surface area (TPSA) is 60.1 Å². The third-order valence-corrected chi connectivity index (χ3v) is 6.96. The zero-order valence-corrected chi connectivity index (χ0v) is 18.6. The fraction of sp³-hybridized carbons (Fsp3) is 0.111. The molecule has 162 valence electrons. The van der Waals surface area contributed by atoms with Gasteiger partial charge in [-0.3, -0.25) is 4.79 Å². The lowest BCUT2D eigenvalue weighted by Crippen LogP contribution is -2.31. The van der Waals surface area contributed by atoms with Crippen molar-refractivity contribution in [3.63, 3.8) is 0 Å². The molecule has 0 bridgehead atoms. The van der Waals surface area contributed by atoms with Crippen LogP contribution in [-0.4, -0.2) is 25.6 Å². The second-order valence-corrected chi connectivity index (χ2v) is 9.11. The smallest absolute Gasteiger partial charge is 0.274 e. The van der Waals surface area contributed by atoms with E-state index in [-0.39, 0.29) is 12.1 Å². The molecular formula is C27H21N3O2S. The van der Waals surface area contributed by atoms with Crippen molar-refractivity contribution in [1.29, 1.82) is 0 Å². The summed E-state index contributed by atoms with van der Waals surface area (Å²) in [5.74, 6) is 0. The van der Waals surface area contributed by atoms with Crippen molar-refractivity contribution in [2.45, 2.75) is 19.2 Å². The number of rotatable bonds is 5. The predicted molar refractivity (Wildman–Crippen MR) is 135 cm³/mol. The Morgan fingerprint density at radius 3 is 2.00 bits per heavy atom. The van der Waals surface area contributed by atoms with E-state index in [4.69, 9.17) is 0 Å². The molecular weight excluding hydrogens is 430 g/mol. The normalized spacial score (nSPS) is 12.6. The summed E-state index contributed by atoms with van der Waals surface area (Å²) in [5, 5.41) is 21.5. The van der Waals surface area contributed by atoms with Gasteiger partial charge >= 0.3 is 0 Å². The van der Waals surface area contributed by atoms with Crippen molar-refractivity contribution in [2.75, 3.05) is 0 Å². The Balaban J connectivity index is 1.42. The van der Waals surface area contributed by atoms with Gasteiger partial charge in [0.05, 0.1) is 29.5 Å². The Hall–Kier alpha value is -3.74. The Labute approximate surface area is 193 Å². The lowest BCUT2D eigenvalue weighted by Gasteiger charge is -2.16. The molecule has 3 heterocycles. The molecule has 6 rings (SSSR count). The standard InChI is InChI=1S/C27H21N3O2S/c31-18(16-29-23-12-5-3-8-19(23)20-9-4-6-13-24(20)29)17-30-27(32)22-11-2-1-10-21(22)26(28-30)25-14-7-15-33-25/h1-15,18,31H,16-17H2. The van der Waals surface area contributed by atoms with Gasteiger partial charge in [-0.25, -0.2) is 4.68 Å². The molecule has 1 atom stereocenters. The van der Waals surface area contributed by atoms with Gasteiger partial charge in [-0.2, -0.15) is 5.10 Å². The molecule has 0 aliphatic rings. The highest BCUT2D eigenvalue weighted by Gasteiger charge is 2.17. The zero-order valence-electron chi connectivity index (χ0n) is 17.8. The minimum absolute atomic E-state index is 0.114. The Bertz CT molecular complexity index is 1610. The maximum absolute atomic E-state index is 13.2. The number of nitrogens with zero attached hydrogens (tertiary/aromatic N) is 3. The largest absolute Gasteiger partial charge is 0.389 e. The maximum atomic E-state index is 13.2. The van der Waals surface area contributed by atoms with Crippen LogP contribution >= 0.6 is 11.3 Å². The molecule has 6 aromatic rings. The van der Waals surface area contributed by atoms with E-state index >= 15 is 0 Å². The van der Waals surface area contributed by atoms with Crippen LogP contribution in [0.15, 0.2) is 95.1 Å². The summed E-state index contributed by atoms with van der Waals surface area (Å²) in [4.78, 5) is 14.2. The van der Waals surface area contributed by atoms with Crippen molar-refractivity contribution in [2.24, 2.45) is 0 Å². The Morgan fingerprint density at radius 1 is 0.758 bits per heavy atom. The first-order chi connectivity index (χ1) is 16.2. The van der Waals surface area contributed by atoms with Crippen molar-refractivity contribution < 1.29 is 5.11 Å². The number of aromatic nitrogens is 3. The molecule has 33 heavy (non-hydrogen) atoms. The summed E-state index contributed by atoms with van der Waals surface area (Å²) in [7, 11) is 0. The van der Waals surface area contributed by atoms with Crippen LogP contribution in [0.25, 0.3) is 43.1 Å². The van der Waals surface area contributed by atoms with Gasteiger partial charge in [-0.05, 0) is 29.6 Å². The number of benzene rings is 3. The fourth-order valence-electron chi connectivity index (χ4n) is 4.62. The Kier molecular flexibility index (Phi) is 4.82. The van der Waals surface area contributed by atoms with E-state index in [0.29, 0.717) is 11.9 Å². The molecule has 1 N–H and O–H groups in total. The molecule has 6 heteroatoms. The first-order valence-electron chi connectivity index (χ1n) is 10.9.